The van der Waals surface area contributed by atoms with Gasteiger partial charge in [-0.1, -0.05) is 25.0 Å². The van der Waals surface area contributed by atoms with Gasteiger partial charge in [0.25, 0.3) is 5.92 Å². The van der Waals surface area contributed by atoms with Gasteiger partial charge in [-0.25, -0.2) is 13.2 Å². The summed E-state index contributed by atoms with van der Waals surface area (Å²) in [5.74, 6) is -5.60. The van der Waals surface area contributed by atoms with Gasteiger partial charge in [0.05, 0.1) is 11.1 Å². The van der Waals surface area contributed by atoms with Gasteiger partial charge in [-0.05, 0) is 25.8 Å². The summed E-state index contributed by atoms with van der Waals surface area (Å²) in [4.78, 5) is 11.2. The van der Waals surface area contributed by atoms with Gasteiger partial charge in [-0.15, -0.1) is 0 Å². The van der Waals surface area contributed by atoms with Crippen LogP contribution in [-0.2, 0) is 5.92 Å². The van der Waals surface area contributed by atoms with E-state index in [4.69, 9.17) is 0 Å². The lowest BCUT2D eigenvalue weighted by atomic mass is 9.91. The highest BCUT2D eigenvalue weighted by Gasteiger charge is 2.44. The summed E-state index contributed by atoms with van der Waals surface area (Å²) in [5.41, 5.74) is -0.896. The summed E-state index contributed by atoms with van der Waals surface area (Å²) >= 11 is 0. The van der Waals surface area contributed by atoms with E-state index < -0.39 is 29.0 Å². The van der Waals surface area contributed by atoms with Gasteiger partial charge in [0.2, 0.25) is 0 Å². The number of Topliss-reactive ketones (excluding diaryl/α,β-unsaturated/α-hetero) is 1. The van der Waals surface area contributed by atoms with E-state index in [1.807, 2.05) is 0 Å². The van der Waals surface area contributed by atoms with Gasteiger partial charge in [-0.3, -0.25) is 4.79 Å². The predicted molar refractivity (Wildman–Crippen MR) is 62.3 cm³/mol. The maximum atomic E-state index is 14.2. The van der Waals surface area contributed by atoms with E-state index in [1.165, 1.54) is 19.1 Å². The molecule has 1 aromatic rings. The number of ketones is 1. The van der Waals surface area contributed by atoms with Gasteiger partial charge in [0.1, 0.15) is 5.82 Å². The fraction of sp³-hybridized carbons (Fsp3) is 0.500. The molecule has 1 aliphatic rings. The molecule has 1 fully saturated rings. The molecule has 0 aliphatic heterocycles. The van der Waals surface area contributed by atoms with Gasteiger partial charge in [-0.2, -0.15) is 0 Å². The highest BCUT2D eigenvalue weighted by Crippen LogP contribution is 2.45. The first-order valence-corrected chi connectivity index (χ1v) is 6.12. The minimum absolute atomic E-state index is 0.259. The number of carbonyl (C=O) groups excluding carboxylic acids is 1. The zero-order valence-corrected chi connectivity index (χ0v) is 10.2. The number of alkyl halides is 2. The number of hydrogen-bond donors (Lipinski definition) is 0. The first-order chi connectivity index (χ1) is 8.44. The third-order valence-corrected chi connectivity index (χ3v) is 3.61. The molecule has 1 aliphatic carbocycles. The van der Waals surface area contributed by atoms with Crippen LogP contribution in [0.3, 0.4) is 0 Å². The van der Waals surface area contributed by atoms with Crippen LogP contribution < -0.4 is 0 Å². The fourth-order valence-electron chi connectivity index (χ4n) is 2.57. The summed E-state index contributed by atoms with van der Waals surface area (Å²) < 4.78 is 42.4. The van der Waals surface area contributed by atoms with E-state index in [2.05, 4.69) is 0 Å². The molecule has 0 radical (unpaired) electrons. The molecule has 1 aromatic carbocycles. The molecule has 4 heteroatoms. The standard InChI is InChI=1S/C14H15F3O/c1-9(18)11-7-4-8-12(13(11)15)14(16,17)10-5-2-3-6-10/h4,7-8,10H,2-3,5-6H2,1H3. The van der Waals surface area contributed by atoms with Crippen molar-refractivity contribution in [3.05, 3.63) is 35.1 Å². The monoisotopic (exact) mass is 256 g/mol. The lowest BCUT2D eigenvalue weighted by Crippen LogP contribution is -2.25. The molecule has 0 aromatic heterocycles. The quantitative estimate of drug-likeness (QED) is 0.736. The van der Waals surface area contributed by atoms with Crippen molar-refractivity contribution >= 4 is 5.78 Å². The van der Waals surface area contributed by atoms with Crippen LogP contribution in [0.2, 0.25) is 0 Å². The molecular formula is C14H15F3O. The van der Waals surface area contributed by atoms with E-state index in [0.717, 1.165) is 18.9 Å². The summed E-state index contributed by atoms with van der Waals surface area (Å²) in [6.07, 6.45) is 2.34. The number of carbonyl (C=O) groups is 1. The predicted octanol–water partition coefficient (Wildman–Crippen LogP) is 4.31. The summed E-state index contributed by atoms with van der Waals surface area (Å²) in [7, 11) is 0. The highest BCUT2D eigenvalue weighted by molar-refractivity contribution is 5.94. The van der Waals surface area contributed by atoms with Crippen LogP contribution in [0.1, 0.15) is 48.5 Å². The van der Waals surface area contributed by atoms with E-state index in [0.29, 0.717) is 12.8 Å². The molecule has 0 amide bonds. The average Bonchev–Trinajstić information content (AvgIpc) is 2.82. The lowest BCUT2D eigenvalue weighted by molar-refractivity contribution is -0.0654. The molecule has 0 saturated heterocycles. The number of benzene rings is 1. The minimum atomic E-state index is -3.19. The lowest BCUT2D eigenvalue weighted by Gasteiger charge is -2.24. The molecule has 18 heavy (non-hydrogen) atoms. The second-order valence-corrected chi connectivity index (χ2v) is 4.83. The summed E-state index contributed by atoms with van der Waals surface area (Å²) in [6.45, 7) is 1.18. The summed E-state index contributed by atoms with van der Waals surface area (Å²) in [5, 5.41) is 0. The Balaban J connectivity index is 2.43. The zero-order chi connectivity index (χ0) is 13.3. The highest BCUT2D eigenvalue weighted by atomic mass is 19.3. The van der Waals surface area contributed by atoms with Crippen LogP contribution in [0.15, 0.2) is 18.2 Å². The van der Waals surface area contributed by atoms with Crippen LogP contribution in [0, 0.1) is 11.7 Å². The van der Waals surface area contributed by atoms with Crippen molar-refractivity contribution in [1.29, 1.82) is 0 Å². The normalized spacial score (nSPS) is 17.1. The van der Waals surface area contributed by atoms with Crippen molar-refractivity contribution < 1.29 is 18.0 Å². The van der Waals surface area contributed by atoms with Crippen LogP contribution in [0.5, 0.6) is 0 Å². The molecule has 1 saturated carbocycles. The van der Waals surface area contributed by atoms with Crippen LogP contribution in [0.4, 0.5) is 13.2 Å². The van der Waals surface area contributed by atoms with Gasteiger partial charge in [0, 0.05) is 5.92 Å². The van der Waals surface area contributed by atoms with Crippen LogP contribution >= 0.6 is 0 Å². The van der Waals surface area contributed by atoms with Crippen molar-refractivity contribution in [3.63, 3.8) is 0 Å². The zero-order valence-electron chi connectivity index (χ0n) is 10.2. The van der Waals surface area contributed by atoms with E-state index in [9.17, 15) is 18.0 Å². The maximum Gasteiger partial charge on any atom is 0.278 e. The van der Waals surface area contributed by atoms with Gasteiger partial charge < -0.3 is 0 Å². The molecule has 0 bridgehead atoms. The third-order valence-electron chi connectivity index (χ3n) is 3.61. The molecule has 0 N–H and O–H groups in total. The third kappa shape index (κ3) is 2.16. The van der Waals surface area contributed by atoms with Crippen molar-refractivity contribution in [2.75, 3.05) is 0 Å². The largest absolute Gasteiger partial charge is 0.294 e. The van der Waals surface area contributed by atoms with E-state index in [1.54, 1.807) is 0 Å². The van der Waals surface area contributed by atoms with Gasteiger partial charge >= 0.3 is 0 Å². The molecule has 0 unspecified atom stereocenters. The van der Waals surface area contributed by atoms with Gasteiger partial charge in [0.15, 0.2) is 5.78 Å². The fourth-order valence-corrected chi connectivity index (χ4v) is 2.57. The van der Waals surface area contributed by atoms with Crippen LogP contribution in [-0.4, -0.2) is 5.78 Å². The second-order valence-electron chi connectivity index (χ2n) is 4.83. The smallest absolute Gasteiger partial charge is 0.278 e. The molecule has 98 valence electrons. The van der Waals surface area contributed by atoms with E-state index >= 15 is 0 Å². The van der Waals surface area contributed by atoms with E-state index in [-0.39, 0.29) is 5.56 Å². The Morgan fingerprint density at radius 2 is 1.89 bits per heavy atom. The SMILES string of the molecule is CC(=O)c1cccc(C(F)(F)C2CCCC2)c1F. The maximum absolute atomic E-state index is 14.2. The molecule has 2 rings (SSSR count). The Labute approximate surface area is 104 Å². The topological polar surface area (TPSA) is 17.1 Å². The Hall–Kier alpha value is -1.32. The summed E-state index contributed by atoms with van der Waals surface area (Å²) in [6, 6.07) is 3.64. The van der Waals surface area contributed by atoms with Crippen molar-refractivity contribution in [1.82, 2.24) is 0 Å². The van der Waals surface area contributed by atoms with Crippen LogP contribution in [0.25, 0.3) is 0 Å². The molecule has 0 spiro atoms. The first kappa shape index (κ1) is 13.1. The Morgan fingerprint density at radius 3 is 2.44 bits per heavy atom. The molecule has 0 heterocycles. The Kier molecular flexibility index (Phi) is 3.46. The van der Waals surface area contributed by atoms with Crippen molar-refractivity contribution in [2.45, 2.75) is 38.5 Å². The molecule has 0 atom stereocenters. The first-order valence-electron chi connectivity index (χ1n) is 6.12. The minimum Gasteiger partial charge on any atom is -0.294 e. The number of rotatable bonds is 3. The van der Waals surface area contributed by atoms with Crippen molar-refractivity contribution in [3.8, 4) is 0 Å². The number of halogens is 3. The molecular weight excluding hydrogens is 241 g/mol. The Bertz CT molecular complexity index is 462. The number of hydrogen-bond acceptors (Lipinski definition) is 1. The second kappa shape index (κ2) is 4.75. The molecule has 1 nitrogen and oxygen atoms in total. The van der Waals surface area contributed by atoms with Crippen molar-refractivity contribution in [2.24, 2.45) is 5.92 Å². The Morgan fingerprint density at radius 1 is 1.28 bits per heavy atom. The average molecular weight is 256 g/mol.